The van der Waals surface area contributed by atoms with Gasteiger partial charge >= 0.3 is 0 Å². The first kappa shape index (κ1) is 16.9. The van der Waals surface area contributed by atoms with Gasteiger partial charge in [0.1, 0.15) is 17.9 Å². The van der Waals surface area contributed by atoms with Crippen LogP contribution in [0.25, 0.3) is 0 Å². The average molecular weight is 331 g/mol. The zero-order chi connectivity index (χ0) is 17.6. The summed E-state index contributed by atoms with van der Waals surface area (Å²) in [5.74, 6) is 0.176. The average Bonchev–Trinajstić information content (AvgIpc) is 2.66. The summed E-state index contributed by atoms with van der Waals surface area (Å²) in [6.07, 6.45) is 0.860. The maximum absolute atomic E-state index is 10.9. The fraction of sp³-hybridized carbons (Fsp3) is 0.136. The fourth-order valence-corrected chi connectivity index (χ4v) is 2.77. The molecule has 0 heterocycles. The highest BCUT2D eigenvalue weighted by atomic mass is 16.3. The Kier molecular flexibility index (Phi) is 5.26. The number of aryl methyl sites for hydroxylation is 1. The van der Waals surface area contributed by atoms with E-state index < -0.39 is 12.1 Å². The second kappa shape index (κ2) is 7.77. The minimum absolute atomic E-state index is 0.176. The van der Waals surface area contributed by atoms with E-state index in [4.69, 9.17) is 0 Å². The van der Waals surface area contributed by atoms with Crippen LogP contribution < -0.4 is 0 Å². The zero-order valence-electron chi connectivity index (χ0n) is 14.1. The van der Waals surface area contributed by atoms with Gasteiger partial charge in [-0.2, -0.15) is 0 Å². The van der Waals surface area contributed by atoms with Gasteiger partial charge in [0.05, 0.1) is 0 Å². The molecule has 0 bridgehead atoms. The third kappa shape index (κ3) is 4.14. The van der Waals surface area contributed by atoms with Crippen LogP contribution in [-0.4, -0.2) is 16.4 Å². The van der Waals surface area contributed by atoms with E-state index in [-0.39, 0.29) is 5.75 Å². The van der Waals surface area contributed by atoms with Gasteiger partial charge in [-0.25, -0.2) is 0 Å². The minimum atomic E-state index is -0.771. The highest BCUT2D eigenvalue weighted by molar-refractivity contribution is 5.83. The number of hydrogen-bond donors (Lipinski definition) is 2. The smallest absolute Gasteiger partial charge is 0.124 e. The van der Waals surface area contributed by atoms with Crippen LogP contribution in [0.4, 0.5) is 0 Å². The lowest BCUT2D eigenvalue weighted by atomic mass is 9.96. The summed E-state index contributed by atoms with van der Waals surface area (Å²) in [6, 6.07) is 24.1. The van der Waals surface area contributed by atoms with Crippen molar-refractivity contribution in [1.29, 1.82) is 0 Å². The van der Waals surface area contributed by atoms with E-state index in [2.05, 4.69) is 4.99 Å². The summed E-state index contributed by atoms with van der Waals surface area (Å²) in [6.45, 7) is 1.96. The Balaban J connectivity index is 1.97. The van der Waals surface area contributed by atoms with Crippen molar-refractivity contribution in [2.75, 3.05) is 0 Å². The van der Waals surface area contributed by atoms with E-state index in [0.29, 0.717) is 5.56 Å². The highest BCUT2D eigenvalue weighted by Crippen LogP contribution is 2.32. The first-order valence-electron chi connectivity index (χ1n) is 8.26. The molecule has 0 spiro atoms. The second-order valence-electron chi connectivity index (χ2n) is 6.05. The Bertz CT molecular complexity index is 844. The normalized spacial score (nSPS) is 13.7. The lowest BCUT2D eigenvalue weighted by Crippen LogP contribution is -2.09. The van der Waals surface area contributed by atoms with Gasteiger partial charge < -0.3 is 10.2 Å². The number of aromatic hydroxyl groups is 1. The van der Waals surface area contributed by atoms with Crippen molar-refractivity contribution in [3.05, 3.63) is 101 Å². The molecule has 2 N–H and O–H groups in total. The molecule has 3 aromatic carbocycles. The predicted molar refractivity (Wildman–Crippen MR) is 101 cm³/mol. The van der Waals surface area contributed by atoms with Gasteiger partial charge in [-0.15, -0.1) is 0 Å². The number of phenols is 1. The molecule has 0 unspecified atom stereocenters. The first-order valence-corrected chi connectivity index (χ1v) is 8.26. The molecule has 3 heteroatoms. The fourth-order valence-electron chi connectivity index (χ4n) is 2.77. The quantitative estimate of drug-likeness (QED) is 0.672. The summed E-state index contributed by atoms with van der Waals surface area (Å²) in [5.41, 5.74) is 3.41. The van der Waals surface area contributed by atoms with E-state index in [1.165, 1.54) is 0 Å². The molecule has 25 heavy (non-hydrogen) atoms. The minimum Gasteiger partial charge on any atom is -0.507 e. The molecule has 0 aliphatic rings. The number of phenolic OH excluding ortho intramolecular Hbond substituents is 1. The molecule has 126 valence electrons. The van der Waals surface area contributed by atoms with Gasteiger partial charge in [0.15, 0.2) is 0 Å². The Morgan fingerprint density at radius 3 is 2.08 bits per heavy atom. The van der Waals surface area contributed by atoms with Crippen molar-refractivity contribution in [2.45, 2.75) is 19.1 Å². The number of aliphatic hydroxyl groups is 1. The standard InChI is InChI=1S/C22H21NO2/c1-16-12-13-20(24)19(14-16)15-23-21(17-8-4-2-5-9-17)22(25)18-10-6-3-7-11-18/h2-15,21-22,24-25H,1H3/t21-,22+/m1/s1. The molecular weight excluding hydrogens is 310 g/mol. The number of nitrogens with zero attached hydrogens (tertiary/aromatic N) is 1. The largest absolute Gasteiger partial charge is 0.507 e. The molecule has 0 radical (unpaired) electrons. The third-order valence-corrected chi connectivity index (χ3v) is 4.14. The van der Waals surface area contributed by atoms with Gasteiger partial charge in [-0.3, -0.25) is 4.99 Å². The van der Waals surface area contributed by atoms with E-state index >= 15 is 0 Å². The molecule has 0 saturated carbocycles. The Morgan fingerprint density at radius 2 is 1.44 bits per heavy atom. The first-order chi connectivity index (χ1) is 12.1. The summed E-state index contributed by atoms with van der Waals surface area (Å²) >= 11 is 0. The van der Waals surface area contributed by atoms with Crippen LogP contribution in [0.15, 0.2) is 83.9 Å². The van der Waals surface area contributed by atoms with Crippen molar-refractivity contribution in [3.63, 3.8) is 0 Å². The van der Waals surface area contributed by atoms with E-state index in [1.54, 1.807) is 12.3 Å². The van der Waals surface area contributed by atoms with Gasteiger partial charge in [0.25, 0.3) is 0 Å². The summed E-state index contributed by atoms with van der Waals surface area (Å²) < 4.78 is 0. The van der Waals surface area contributed by atoms with Crippen molar-refractivity contribution >= 4 is 6.21 Å². The SMILES string of the molecule is Cc1ccc(O)c(C=N[C@H](c2ccccc2)[C@@H](O)c2ccccc2)c1. The maximum atomic E-state index is 10.9. The summed E-state index contributed by atoms with van der Waals surface area (Å²) in [5, 5.41) is 20.9. The second-order valence-corrected chi connectivity index (χ2v) is 6.05. The van der Waals surface area contributed by atoms with Gasteiger partial charge in [0, 0.05) is 11.8 Å². The van der Waals surface area contributed by atoms with Crippen LogP contribution in [0.2, 0.25) is 0 Å². The molecule has 0 aliphatic heterocycles. The molecule has 0 aromatic heterocycles. The van der Waals surface area contributed by atoms with Crippen LogP contribution in [-0.2, 0) is 0 Å². The third-order valence-electron chi connectivity index (χ3n) is 4.14. The number of aliphatic imine (C=N–C) groups is 1. The summed E-state index contributed by atoms with van der Waals surface area (Å²) in [4.78, 5) is 4.61. The molecule has 3 nitrogen and oxygen atoms in total. The van der Waals surface area contributed by atoms with Crippen molar-refractivity contribution in [2.24, 2.45) is 4.99 Å². The Labute approximate surface area is 147 Å². The van der Waals surface area contributed by atoms with Crippen molar-refractivity contribution in [1.82, 2.24) is 0 Å². The van der Waals surface area contributed by atoms with Crippen LogP contribution >= 0.6 is 0 Å². The molecule has 0 fully saturated rings. The number of aliphatic hydroxyl groups excluding tert-OH is 1. The molecule has 0 saturated heterocycles. The molecule has 0 aliphatic carbocycles. The van der Waals surface area contributed by atoms with Crippen LogP contribution in [0.3, 0.4) is 0 Å². The zero-order valence-corrected chi connectivity index (χ0v) is 14.1. The lowest BCUT2D eigenvalue weighted by molar-refractivity contribution is 0.148. The van der Waals surface area contributed by atoms with Gasteiger partial charge in [-0.1, -0.05) is 72.3 Å². The van der Waals surface area contributed by atoms with Crippen LogP contribution in [0.1, 0.15) is 34.4 Å². The van der Waals surface area contributed by atoms with Gasteiger partial charge in [0.2, 0.25) is 0 Å². The predicted octanol–water partition coefficient (Wildman–Crippen LogP) is 4.59. The van der Waals surface area contributed by atoms with E-state index in [1.807, 2.05) is 79.7 Å². The van der Waals surface area contributed by atoms with E-state index in [0.717, 1.165) is 16.7 Å². The van der Waals surface area contributed by atoms with E-state index in [9.17, 15) is 10.2 Å². The molecule has 3 aromatic rings. The molecular formula is C22H21NO2. The Morgan fingerprint density at radius 1 is 0.840 bits per heavy atom. The van der Waals surface area contributed by atoms with Crippen molar-refractivity contribution < 1.29 is 10.2 Å². The summed E-state index contributed by atoms with van der Waals surface area (Å²) in [7, 11) is 0. The van der Waals surface area contributed by atoms with Gasteiger partial charge in [-0.05, 0) is 30.2 Å². The monoisotopic (exact) mass is 331 g/mol. The van der Waals surface area contributed by atoms with Crippen LogP contribution in [0, 0.1) is 6.92 Å². The molecule has 0 amide bonds. The number of rotatable bonds is 5. The van der Waals surface area contributed by atoms with Crippen LogP contribution in [0.5, 0.6) is 5.75 Å². The lowest BCUT2D eigenvalue weighted by Gasteiger charge is -2.20. The molecule has 3 rings (SSSR count). The highest BCUT2D eigenvalue weighted by Gasteiger charge is 2.21. The number of benzene rings is 3. The maximum Gasteiger partial charge on any atom is 0.124 e. The number of hydrogen-bond acceptors (Lipinski definition) is 3. The van der Waals surface area contributed by atoms with Crippen molar-refractivity contribution in [3.8, 4) is 5.75 Å². The Hall–Kier alpha value is -2.91. The molecule has 2 atom stereocenters. The topological polar surface area (TPSA) is 52.8 Å².